The Morgan fingerprint density at radius 3 is 2.53 bits per heavy atom. The molecule has 0 fully saturated rings. The molecule has 0 aliphatic heterocycles. The van der Waals surface area contributed by atoms with Crippen LogP contribution in [0.2, 0.25) is 0 Å². The summed E-state index contributed by atoms with van der Waals surface area (Å²) in [5, 5.41) is 8.74. The molecule has 0 saturated heterocycles. The Kier molecular flexibility index (Phi) is 7.06. The predicted molar refractivity (Wildman–Crippen MR) is 70.6 cm³/mol. The van der Waals surface area contributed by atoms with E-state index < -0.39 is 0 Å². The highest BCUT2D eigenvalue weighted by molar-refractivity contribution is 5.25. The van der Waals surface area contributed by atoms with Gasteiger partial charge in [0, 0.05) is 6.20 Å². The molecular formula is C15H22N2. The van der Waals surface area contributed by atoms with Gasteiger partial charge in [-0.2, -0.15) is 5.26 Å². The fourth-order valence-corrected chi connectivity index (χ4v) is 1.98. The normalized spacial score (nSPS) is 10.1. The van der Waals surface area contributed by atoms with Gasteiger partial charge in [-0.1, -0.05) is 45.4 Å². The third-order valence-corrected chi connectivity index (χ3v) is 3.01. The first-order valence-corrected chi connectivity index (χ1v) is 6.72. The Morgan fingerprint density at radius 2 is 1.82 bits per heavy atom. The van der Waals surface area contributed by atoms with Gasteiger partial charge in [-0.25, -0.2) is 4.98 Å². The molecule has 1 aromatic rings. The summed E-state index contributed by atoms with van der Waals surface area (Å²) in [5.74, 6) is 0. The standard InChI is InChI=1S/C15H22N2/c1-2-3-4-5-6-7-8-9-14-10-11-17-15(12-14)13-16/h10-12H,2-9H2,1H3. The Bertz CT molecular complexity index is 352. The van der Waals surface area contributed by atoms with E-state index in [9.17, 15) is 0 Å². The van der Waals surface area contributed by atoms with Crippen LogP contribution in [0.1, 0.15) is 63.1 Å². The van der Waals surface area contributed by atoms with E-state index in [0.29, 0.717) is 5.69 Å². The van der Waals surface area contributed by atoms with E-state index in [-0.39, 0.29) is 0 Å². The van der Waals surface area contributed by atoms with E-state index in [2.05, 4.69) is 18.0 Å². The lowest BCUT2D eigenvalue weighted by Gasteiger charge is -2.02. The molecule has 2 nitrogen and oxygen atoms in total. The van der Waals surface area contributed by atoms with E-state index >= 15 is 0 Å². The van der Waals surface area contributed by atoms with E-state index in [0.717, 1.165) is 6.42 Å². The van der Waals surface area contributed by atoms with Gasteiger partial charge < -0.3 is 0 Å². The molecule has 1 heterocycles. The number of hydrogen-bond donors (Lipinski definition) is 0. The van der Waals surface area contributed by atoms with Gasteiger partial charge in [-0.3, -0.25) is 0 Å². The molecule has 0 atom stereocenters. The molecule has 92 valence electrons. The summed E-state index contributed by atoms with van der Waals surface area (Å²) < 4.78 is 0. The monoisotopic (exact) mass is 230 g/mol. The lowest BCUT2D eigenvalue weighted by atomic mass is 10.0. The number of pyridine rings is 1. The number of hydrogen-bond acceptors (Lipinski definition) is 2. The van der Waals surface area contributed by atoms with Crippen molar-refractivity contribution in [2.24, 2.45) is 0 Å². The zero-order valence-electron chi connectivity index (χ0n) is 10.8. The molecule has 1 rings (SSSR count). The van der Waals surface area contributed by atoms with Crippen LogP contribution in [-0.2, 0) is 6.42 Å². The number of rotatable bonds is 8. The van der Waals surface area contributed by atoms with Crippen molar-refractivity contribution in [2.45, 2.75) is 58.3 Å². The van der Waals surface area contributed by atoms with E-state index in [1.54, 1.807) is 6.20 Å². The summed E-state index contributed by atoms with van der Waals surface area (Å²) in [7, 11) is 0. The summed E-state index contributed by atoms with van der Waals surface area (Å²) in [4.78, 5) is 3.97. The van der Waals surface area contributed by atoms with Crippen LogP contribution < -0.4 is 0 Å². The minimum absolute atomic E-state index is 0.533. The summed E-state index contributed by atoms with van der Waals surface area (Å²) in [6.45, 7) is 2.25. The molecule has 0 radical (unpaired) electrons. The van der Waals surface area contributed by atoms with Gasteiger partial charge in [0.25, 0.3) is 0 Å². The Balaban J connectivity index is 2.12. The maximum absolute atomic E-state index is 8.74. The predicted octanol–water partition coefficient (Wildman–Crippen LogP) is 4.25. The molecule has 2 heteroatoms. The average Bonchev–Trinajstić information content (AvgIpc) is 2.38. The maximum atomic E-state index is 8.74. The molecule has 0 aromatic carbocycles. The molecule has 0 unspecified atom stereocenters. The van der Waals surface area contributed by atoms with Crippen molar-refractivity contribution in [3.8, 4) is 6.07 Å². The lowest BCUT2D eigenvalue weighted by molar-refractivity contribution is 0.589. The maximum Gasteiger partial charge on any atom is 0.140 e. The SMILES string of the molecule is CCCCCCCCCc1ccnc(C#N)c1. The molecule has 0 aliphatic carbocycles. The van der Waals surface area contributed by atoms with Crippen LogP contribution in [0.5, 0.6) is 0 Å². The third kappa shape index (κ3) is 6.06. The van der Waals surface area contributed by atoms with Crippen molar-refractivity contribution in [2.75, 3.05) is 0 Å². The van der Waals surface area contributed by atoms with E-state index in [1.807, 2.05) is 12.1 Å². The number of aryl methyl sites for hydroxylation is 1. The number of nitriles is 1. The Hall–Kier alpha value is -1.36. The molecule has 0 aliphatic rings. The fourth-order valence-electron chi connectivity index (χ4n) is 1.98. The van der Waals surface area contributed by atoms with Crippen LogP contribution in [0.4, 0.5) is 0 Å². The fraction of sp³-hybridized carbons (Fsp3) is 0.600. The first kappa shape index (κ1) is 13.7. The molecule has 0 amide bonds. The van der Waals surface area contributed by atoms with Gasteiger partial charge in [0.2, 0.25) is 0 Å². The molecule has 0 bridgehead atoms. The van der Waals surface area contributed by atoms with Crippen LogP contribution in [0.3, 0.4) is 0 Å². The van der Waals surface area contributed by atoms with Crippen LogP contribution in [0.25, 0.3) is 0 Å². The van der Waals surface area contributed by atoms with Gasteiger partial charge in [0.1, 0.15) is 11.8 Å². The zero-order valence-corrected chi connectivity index (χ0v) is 10.8. The summed E-state index contributed by atoms with van der Waals surface area (Å²) in [6.07, 6.45) is 12.1. The topological polar surface area (TPSA) is 36.7 Å². The molecule has 17 heavy (non-hydrogen) atoms. The smallest absolute Gasteiger partial charge is 0.140 e. The molecule has 0 N–H and O–H groups in total. The second-order valence-corrected chi connectivity index (χ2v) is 4.53. The van der Waals surface area contributed by atoms with Crippen LogP contribution >= 0.6 is 0 Å². The van der Waals surface area contributed by atoms with Crippen molar-refractivity contribution in [1.29, 1.82) is 5.26 Å². The van der Waals surface area contributed by atoms with Crippen molar-refractivity contribution >= 4 is 0 Å². The van der Waals surface area contributed by atoms with Gasteiger partial charge in [-0.15, -0.1) is 0 Å². The minimum atomic E-state index is 0.533. The van der Waals surface area contributed by atoms with Crippen LogP contribution in [-0.4, -0.2) is 4.98 Å². The van der Waals surface area contributed by atoms with Crippen LogP contribution in [0.15, 0.2) is 18.3 Å². The zero-order chi connectivity index (χ0) is 12.3. The van der Waals surface area contributed by atoms with Crippen molar-refractivity contribution in [1.82, 2.24) is 4.98 Å². The second-order valence-electron chi connectivity index (χ2n) is 4.53. The van der Waals surface area contributed by atoms with E-state index in [4.69, 9.17) is 5.26 Å². The lowest BCUT2D eigenvalue weighted by Crippen LogP contribution is -1.89. The Morgan fingerprint density at radius 1 is 1.12 bits per heavy atom. The summed E-state index contributed by atoms with van der Waals surface area (Å²) in [5.41, 5.74) is 1.77. The highest BCUT2D eigenvalue weighted by Gasteiger charge is 1.97. The van der Waals surface area contributed by atoms with Crippen molar-refractivity contribution in [3.63, 3.8) is 0 Å². The molecular weight excluding hydrogens is 208 g/mol. The van der Waals surface area contributed by atoms with Gasteiger partial charge in [0.05, 0.1) is 0 Å². The van der Waals surface area contributed by atoms with Gasteiger partial charge >= 0.3 is 0 Å². The first-order valence-electron chi connectivity index (χ1n) is 6.72. The minimum Gasteiger partial charge on any atom is -0.246 e. The number of nitrogens with zero attached hydrogens (tertiary/aromatic N) is 2. The van der Waals surface area contributed by atoms with Crippen molar-refractivity contribution < 1.29 is 0 Å². The highest BCUT2D eigenvalue weighted by atomic mass is 14.7. The number of unbranched alkanes of at least 4 members (excludes halogenated alkanes) is 6. The third-order valence-electron chi connectivity index (χ3n) is 3.01. The summed E-state index contributed by atoms with van der Waals surface area (Å²) in [6, 6.07) is 5.99. The summed E-state index contributed by atoms with van der Waals surface area (Å²) >= 11 is 0. The molecule has 1 aromatic heterocycles. The number of aromatic nitrogens is 1. The Labute approximate surface area is 105 Å². The molecule has 0 saturated carbocycles. The average molecular weight is 230 g/mol. The molecule has 0 spiro atoms. The highest BCUT2D eigenvalue weighted by Crippen LogP contribution is 2.10. The van der Waals surface area contributed by atoms with Gasteiger partial charge in [0.15, 0.2) is 0 Å². The second kappa shape index (κ2) is 8.75. The van der Waals surface area contributed by atoms with Crippen molar-refractivity contribution in [3.05, 3.63) is 29.6 Å². The van der Waals surface area contributed by atoms with E-state index in [1.165, 1.54) is 50.5 Å². The van der Waals surface area contributed by atoms with Gasteiger partial charge in [-0.05, 0) is 30.5 Å². The quantitative estimate of drug-likeness (QED) is 0.626. The largest absolute Gasteiger partial charge is 0.246 e. The first-order chi connectivity index (χ1) is 8.36. The van der Waals surface area contributed by atoms with Crippen LogP contribution in [0, 0.1) is 11.3 Å².